The molecule has 2 aliphatic heterocycles. The van der Waals surface area contributed by atoms with Crippen LogP contribution in [-0.2, 0) is 0 Å². The Morgan fingerprint density at radius 2 is 1.41 bits per heavy atom. The maximum Gasteiger partial charge on any atom is 0.187 e. The van der Waals surface area contributed by atoms with Gasteiger partial charge in [0, 0.05) is 82.4 Å². The molecule has 0 aromatic heterocycles. The molecule has 6 heteroatoms. The van der Waals surface area contributed by atoms with Crippen LogP contribution in [0.25, 0.3) is 6.08 Å². The first-order valence-electron chi connectivity index (χ1n) is 15.1. The monoisotopic (exact) mass is 531 g/mol. The highest BCUT2D eigenvalue weighted by Crippen LogP contribution is 2.30. The van der Waals surface area contributed by atoms with Gasteiger partial charge >= 0.3 is 0 Å². The first-order valence-corrected chi connectivity index (χ1v) is 15.1. The molecular formula is C33H49N5O. The van der Waals surface area contributed by atoms with Gasteiger partial charge in [0.1, 0.15) is 0 Å². The molecule has 212 valence electrons. The summed E-state index contributed by atoms with van der Waals surface area (Å²) >= 11 is 0. The largest absolute Gasteiger partial charge is 0.372 e. The summed E-state index contributed by atoms with van der Waals surface area (Å²) in [6.07, 6.45) is 8.54. The van der Waals surface area contributed by atoms with Crippen LogP contribution in [-0.4, -0.2) is 95.1 Å². The van der Waals surface area contributed by atoms with Gasteiger partial charge in [-0.15, -0.1) is 0 Å². The molecule has 2 heterocycles. The number of carbonyl (C=O) groups is 1. The maximum absolute atomic E-state index is 13.6. The van der Waals surface area contributed by atoms with Crippen LogP contribution in [0.4, 0.5) is 17.1 Å². The molecule has 39 heavy (non-hydrogen) atoms. The van der Waals surface area contributed by atoms with Gasteiger partial charge < -0.3 is 24.5 Å². The Labute approximate surface area is 236 Å². The summed E-state index contributed by atoms with van der Waals surface area (Å²) in [7, 11) is 4.36. The van der Waals surface area contributed by atoms with E-state index in [1.165, 1.54) is 37.1 Å². The van der Waals surface area contributed by atoms with Gasteiger partial charge in [-0.1, -0.05) is 44.9 Å². The summed E-state index contributed by atoms with van der Waals surface area (Å²) in [4.78, 5) is 25.7. The lowest BCUT2D eigenvalue weighted by Crippen LogP contribution is -2.46. The van der Waals surface area contributed by atoms with E-state index >= 15 is 0 Å². The van der Waals surface area contributed by atoms with Crippen LogP contribution in [0, 0.1) is 0 Å². The molecule has 0 bridgehead atoms. The van der Waals surface area contributed by atoms with Gasteiger partial charge in [0.05, 0.1) is 5.69 Å². The molecular weight excluding hydrogens is 482 g/mol. The number of hydrogen-bond donors (Lipinski definition) is 0. The molecule has 2 fully saturated rings. The van der Waals surface area contributed by atoms with E-state index in [0.29, 0.717) is 0 Å². The van der Waals surface area contributed by atoms with Crippen molar-refractivity contribution in [1.29, 1.82) is 0 Å². The SMILES string of the molecule is CCCCN(CCCC)c1cccc(C=CC(=O)c2ccc(N3CCN(C)CC3)cc2N2CCN(C)CC2)c1. The highest BCUT2D eigenvalue weighted by molar-refractivity contribution is 6.11. The van der Waals surface area contributed by atoms with Gasteiger partial charge in [-0.3, -0.25) is 4.79 Å². The highest BCUT2D eigenvalue weighted by atomic mass is 16.1. The minimum atomic E-state index is 0.0769. The zero-order valence-corrected chi connectivity index (χ0v) is 24.7. The first kappa shape index (κ1) is 29.2. The fraction of sp³-hybridized carbons (Fsp3) is 0.545. The third-order valence-corrected chi connectivity index (χ3v) is 8.18. The molecule has 0 amide bonds. The van der Waals surface area contributed by atoms with Crippen molar-refractivity contribution in [2.24, 2.45) is 0 Å². The Kier molecular flexibility index (Phi) is 10.9. The zero-order chi connectivity index (χ0) is 27.6. The quantitative estimate of drug-likeness (QED) is 0.266. The second-order valence-electron chi connectivity index (χ2n) is 11.3. The second-order valence-corrected chi connectivity index (χ2v) is 11.3. The van der Waals surface area contributed by atoms with Gasteiger partial charge in [-0.25, -0.2) is 0 Å². The number of rotatable bonds is 12. The molecule has 2 aromatic rings. The van der Waals surface area contributed by atoms with E-state index in [9.17, 15) is 4.79 Å². The molecule has 0 N–H and O–H groups in total. The van der Waals surface area contributed by atoms with E-state index in [1.54, 1.807) is 6.08 Å². The number of nitrogens with zero attached hydrogens (tertiary/aromatic N) is 5. The summed E-state index contributed by atoms with van der Waals surface area (Å²) in [5.41, 5.74) is 5.44. The van der Waals surface area contributed by atoms with Crippen molar-refractivity contribution in [2.45, 2.75) is 39.5 Å². The number of allylic oxidation sites excluding steroid dienone is 1. The molecule has 2 aliphatic rings. The lowest BCUT2D eigenvalue weighted by Gasteiger charge is -2.37. The maximum atomic E-state index is 13.6. The van der Waals surface area contributed by atoms with E-state index in [-0.39, 0.29) is 5.78 Å². The number of unbranched alkanes of at least 4 members (excludes halogenated alkanes) is 2. The third kappa shape index (κ3) is 8.09. The summed E-state index contributed by atoms with van der Waals surface area (Å²) in [5, 5.41) is 0. The summed E-state index contributed by atoms with van der Waals surface area (Å²) < 4.78 is 0. The van der Waals surface area contributed by atoms with E-state index in [4.69, 9.17) is 0 Å². The van der Waals surface area contributed by atoms with Crippen LogP contribution in [0.1, 0.15) is 55.5 Å². The van der Waals surface area contributed by atoms with Gasteiger partial charge in [-0.2, -0.15) is 0 Å². The molecule has 0 aliphatic carbocycles. The van der Waals surface area contributed by atoms with Crippen molar-refractivity contribution < 1.29 is 4.79 Å². The van der Waals surface area contributed by atoms with Crippen molar-refractivity contribution in [3.63, 3.8) is 0 Å². The van der Waals surface area contributed by atoms with Crippen molar-refractivity contribution in [2.75, 3.05) is 94.2 Å². The number of benzene rings is 2. The molecule has 0 unspecified atom stereocenters. The van der Waals surface area contributed by atoms with Gasteiger partial charge in [0.2, 0.25) is 0 Å². The lowest BCUT2D eigenvalue weighted by molar-refractivity contribution is 0.104. The standard InChI is InChI=1S/C33H49N5O/c1-5-7-16-36(17-8-6-2)29-11-9-10-28(26-29)12-15-33(39)31-14-13-30(37-22-18-34(3)19-23-37)27-32(31)38-24-20-35(4)21-25-38/h9-15,26-27H,5-8,16-25H2,1-4H3. The molecule has 0 saturated carbocycles. The normalized spacial score (nSPS) is 17.2. The fourth-order valence-electron chi connectivity index (χ4n) is 5.45. The number of ketones is 1. The zero-order valence-electron chi connectivity index (χ0n) is 24.7. The van der Waals surface area contributed by atoms with Crippen molar-refractivity contribution in [3.05, 3.63) is 59.7 Å². The van der Waals surface area contributed by atoms with E-state index in [0.717, 1.165) is 82.3 Å². The van der Waals surface area contributed by atoms with E-state index in [2.05, 4.69) is 94.9 Å². The van der Waals surface area contributed by atoms with Gasteiger partial charge in [-0.05, 0) is 68.9 Å². The average molecular weight is 532 g/mol. The summed E-state index contributed by atoms with van der Waals surface area (Å²) in [5.74, 6) is 0.0769. The third-order valence-electron chi connectivity index (χ3n) is 8.18. The average Bonchev–Trinajstić information content (AvgIpc) is 2.96. The Bertz CT molecular complexity index is 1080. The van der Waals surface area contributed by atoms with Crippen molar-refractivity contribution in [3.8, 4) is 0 Å². The van der Waals surface area contributed by atoms with Crippen molar-refractivity contribution in [1.82, 2.24) is 9.80 Å². The minimum absolute atomic E-state index is 0.0769. The van der Waals surface area contributed by atoms with E-state index < -0.39 is 0 Å². The van der Waals surface area contributed by atoms with Crippen molar-refractivity contribution >= 4 is 28.9 Å². The van der Waals surface area contributed by atoms with Crippen LogP contribution < -0.4 is 14.7 Å². The Hall–Kier alpha value is -2.83. The number of piperazine rings is 2. The topological polar surface area (TPSA) is 33.3 Å². The van der Waals surface area contributed by atoms with Crippen LogP contribution in [0.2, 0.25) is 0 Å². The molecule has 2 aromatic carbocycles. The van der Waals surface area contributed by atoms with Crippen LogP contribution in [0.5, 0.6) is 0 Å². The Morgan fingerprint density at radius 1 is 0.795 bits per heavy atom. The van der Waals surface area contributed by atoms with E-state index in [1.807, 2.05) is 6.08 Å². The van der Waals surface area contributed by atoms with Crippen LogP contribution in [0.15, 0.2) is 48.5 Å². The fourth-order valence-corrected chi connectivity index (χ4v) is 5.45. The predicted octanol–water partition coefficient (Wildman–Crippen LogP) is 5.49. The van der Waals surface area contributed by atoms with Gasteiger partial charge in [0.25, 0.3) is 0 Å². The molecule has 4 rings (SSSR count). The summed E-state index contributed by atoms with van der Waals surface area (Å²) in [6, 6.07) is 15.1. The number of likely N-dealkylation sites (N-methyl/N-ethyl adjacent to an activating group) is 2. The number of anilines is 3. The Morgan fingerprint density at radius 3 is 2.03 bits per heavy atom. The highest BCUT2D eigenvalue weighted by Gasteiger charge is 2.22. The molecule has 2 saturated heterocycles. The second kappa shape index (κ2) is 14.5. The van der Waals surface area contributed by atoms with Gasteiger partial charge in [0.15, 0.2) is 5.78 Å². The molecule has 6 nitrogen and oxygen atoms in total. The number of carbonyl (C=O) groups excluding carboxylic acids is 1. The molecule has 0 atom stereocenters. The smallest absolute Gasteiger partial charge is 0.187 e. The molecule has 0 radical (unpaired) electrons. The molecule has 0 spiro atoms. The Balaban J connectivity index is 1.55. The first-order chi connectivity index (χ1) is 19.0. The number of hydrogen-bond acceptors (Lipinski definition) is 6. The predicted molar refractivity (Wildman–Crippen MR) is 168 cm³/mol. The van der Waals surface area contributed by atoms with Crippen LogP contribution >= 0.6 is 0 Å². The minimum Gasteiger partial charge on any atom is -0.372 e. The lowest BCUT2D eigenvalue weighted by atomic mass is 10.0. The summed E-state index contributed by atoms with van der Waals surface area (Å²) in [6.45, 7) is 14.8. The van der Waals surface area contributed by atoms with Crippen LogP contribution in [0.3, 0.4) is 0 Å².